The smallest absolute Gasteiger partial charge is 0.306 e. The lowest BCUT2D eigenvalue weighted by atomic mass is 10.1. The zero-order valence-corrected chi connectivity index (χ0v) is 40.3. The highest BCUT2D eigenvalue weighted by atomic mass is 31.2. The van der Waals surface area contributed by atoms with Crippen LogP contribution in [0.25, 0.3) is 0 Å². The highest BCUT2D eigenvalue weighted by Crippen LogP contribution is 2.38. The first-order valence-corrected chi connectivity index (χ1v) is 24.8. The number of allylic oxidation sites excluding steroid dienone is 18. The zero-order chi connectivity index (χ0) is 46.1. The van der Waals surface area contributed by atoms with E-state index in [1.165, 1.54) is 25.7 Å². The fraction of sp³-hybridized carbons (Fsp3) is 0.577. The van der Waals surface area contributed by atoms with Crippen molar-refractivity contribution in [1.29, 1.82) is 0 Å². The highest BCUT2D eigenvalue weighted by molar-refractivity contribution is 7.45. The number of esters is 2. The molecule has 0 radical (unpaired) electrons. The van der Waals surface area contributed by atoms with Crippen molar-refractivity contribution in [2.24, 2.45) is 0 Å². The zero-order valence-electron chi connectivity index (χ0n) is 39.4. The molecule has 0 amide bonds. The van der Waals surface area contributed by atoms with Crippen molar-refractivity contribution in [2.45, 2.75) is 148 Å². The number of phosphoric acid groups is 1. The number of epoxide rings is 1. The fourth-order valence-electron chi connectivity index (χ4n) is 5.64. The third-order valence-electron chi connectivity index (χ3n) is 9.39. The molecule has 0 aromatic heterocycles. The van der Waals surface area contributed by atoms with Gasteiger partial charge < -0.3 is 32.6 Å². The van der Waals surface area contributed by atoms with E-state index in [1.807, 2.05) is 45.4 Å². The Balaban J connectivity index is 2.37. The second-order valence-electron chi connectivity index (χ2n) is 16.4. The second kappa shape index (κ2) is 38.8. The van der Waals surface area contributed by atoms with E-state index in [1.54, 1.807) is 0 Å². The van der Waals surface area contributed by atoms with Crippen molar-refractivity contribution < 1.29 is 46.8 Å². The number of phosphoric ester groups is 1. The van der Waals surface area contributed by atoms with Gasteiger partial charge in [0.2, 0.25) is 0 Å². The fourth-order valence-corrected chi connectivity index (χ4v) is 6.37. The van der Waals surface area contributed by atoms with E-state index in [2.05, 4.69) is 111 Å². The predicted octanol–water partition coefficient (Wildman–Crippen LogP) is 12.0. The molecule has 1 fully saturated rings. The van der Waals surface area contributed by atoms with Crippen LogP contribution in [0, 0.1) is 0 Å². The lowest BCUT2D eigenvalue weighted by Gasteiger charge is -2.28. The molecular formula is C52H82NO9P. The van der Waals surface area contributed by atoms with E-state index < -0.39 is 32.5 Å². The standard InChI is InChI=1S/C52H82NO9P/c1-6-8-10-11-12-13-14-15-16-17-18-19-20-21-26-29-32-35-39-43-52(55)61-48(47-60-63(56,57)59-45-44-53(3,4)5)46-58-51(54)42-38-34-31-28-25-23-22-24-27-30-33-37-41-50-49(62-50)40-36-9-7-2/h9,12-13,15-16,18-19,21,23-27,31-37,48-50H,6-8,10-11,14,17,20,22,28-30,38-47H2,1-5H3/b13-12-,16-15-,19-18-,25-23-,26-21-,27-24-,34-31-,35-32-,36-9-,37-33-/t48-,49?,50?/m1/s1. The molecule has 63 heavy (non-hydrogen) atoms. The van der Waals surface area contributed by atoms with Crippen LogP contribution in [0.5, 0.6) is 0 Å². The third kappa shape index (κ3) is 39.7. The van der Waals surface area contributed by atoms with Gasteiger partial charge in [0.15, 0.2) is 6.10 Å². The Bertz CT molecular complexity index is 1550. The van der Waals surface area contributed by atoms with Crippen LogP contribution in [0.1, 0.15) is 129 Å². The molecule has 0 N–H and O–H groups in total. The van der Waals surface area contributed by atoms with Crippen LogP contribution in [0.2, 0.25) is 0 Å². The summed E-state index contributed by atoms with van der Waals surface area (Å²) in [5.41, 5.74) is 0. The number of likely N-dealkylation sites (N-methyl/N-ethyl adjacent to an activating group) is 1. The van der Waals surface area contributed by atoms with Gasteiger partial charge >= 0.3 is 11.9 Å². The number of nitrogens with zero attached hydrogens (tertiary/aromatic N) is 1. The number of carbonyl (C=O) groups is 2. The lowest BCUT2D eigenvalue weighted by Crippen LogP contribution is -2.37. The van der Waals surface area contributed by atoms with Gasteiger partial charge in [-0.1, -0.05) is 148 Å². The van der Waals surface area contributed by atoms with Crippen molar-refractivity contribution in [3.63, 3.8) is 0 Å². The lowest BCUT2D eigenvalue weighted by molar-refractivity contribution is -0.870. The average Bonchev–Trinajstić information content (AvgIpc) is 3.99. The first-order chi connectivity index (χ1) is 30.5. The molecule has 3 unspecified atom stereocenters. The van der Waals surface area contributed by atoms with Crippen LogP contribution in [-0.4, -0.2) is 82.2 Å². The van der Waals surface area contributed by atoms with Gasteiger partial charge in [0, 0.05) is 12.8 Å². The summed E-state index contributed by atoms with van der Waals surface area (Å²) >= 11 is 0. The van der Waals surface area contributed by atoms with Gasteiger partial charge in [-0.05, 0) is 89.9 Å². The Kier molecular flexibility index (Phi) is 35.3. The quantitative estimate of drug-likeness (QED) is 0.0148. The van der Waals surface area contributed by atoms with Gasteiger partial charge in [-0.3, -0.25) is 14.2 Å². The second-order valence-corrected chi connectivity index (χ2v) is 17.8. The Morgan fingerprint density at radius 2 is 1.03 bits per heavy atom. The van der Waals surface area contributed by atoms with Crippen molar-refractivity contribution in [2.75, 3.05) is 47.5 Å². The van der Waals surface area contributed by atoms with Crippen LogP contribution < -0.4 is 4.89 Å². The van der Waals surface area contributed by atoms with E-state index in [0.717, 1.165) is 64.2 Å². The van der Waals surface area contributed by atoms with Crippen molar-refractivity contribution in [3.8, 4) is 0 Å². The minimum Gasteiger partial charge on any atom is -0.756 e. The van der Waals surface area contributed by atoms with Crippen LogP contribution in [-0.2, 0) is 37.4 Å². The molecule has 0 aromatic rings. The molecule has 10 nitrogen and oxygen atoms in total. The minimum absolute atomic E-state index is 0.0648. The Hall–Kier alpha value is -3.63. The van der Waals surface area contributed by atoms with E-state index >= 15 is 0 Å². The normalized spacial score (nSPS) is 17.8. The number of hydrogen-bond acceptors (Lipinski definition) is 9. The first-order valence-electron chi connectivity index (χ1n) is 23.4. The van der Waals surface area contributed by atoms with Crippen LogP contribution in [0.15, 0.2) is 122 Å². The van der Waals surface area contributed by atoms with Gasteiger partial charge in [-0.15, -0.1) is 0 Å². The molecule has 1 saturated heterocycles. The van der Waals surface area contributed by atoms with Gasteiger partial charge in [0.05, 0.1) is 40.0 Å². The Morgan fingerprint density at radius 3 is 1.51 bits per heavy atom. The maximum absolute atomic E-state index is 12.7. The first kappa shape index (κ1) is 57.4. The third-order valence-corrected chi connectivity index (χ3v) is 10.4. The molecule has 0 bridgehead atoms. The molecule has 4 atom stereocenters. The summed E-state index contributed by atoms with van der Waals surface area (Å²) in [6, 6.07) is 0. The van der Waals surface area contributed by atoms with Gasteiger partial charge in [0.25, 0.3) is 7.82 Å². The topological polar surface area (TPSA) is 124 Å². The van der Waals surface area contributed by atoms with Crippen molar-refractivity contribution in [1.82, 2.24) is 0 Å². The average molecular weight is 896 g/mol. The van der Waals surface area contributed by atoms with Gasteiger partial charge in [-0.25, -0.2) is 0 Å². The summed E-state index contributed by atoms with van der Waals surface area (Å²) in [7, 11) is 1.05. The highest BCUT2D eigenvalue weighted by Gasteiger charge is 2.36. The summed E-state index contributed by atoms with van der Waals surface area (Å²) in [5, 5.41) is 0. The molecule has 0 saturated carbocycles. The molecule has 1 aliphatic rings. The van der Waals surface area contributed by atoms with E-state index in [0.29, 0.717) is 36.1 Å². The minimum atomic E-state index is -4.68. The van der Waals surface area contributed by atoms with Crippen LogP contribution >= 0.6 is 7.82 Å². The predicted molar refractivity (Wildman–Crippen MR) is 258 cm³/mol. The maximum atomic E-state index is 12.7. The van der Waals surface area contributed by atoms with Crippen molar-refractivity contribution >= 4 is 19.8 Å². The van der Waals surface area contributed by atoms with Crippen LogP contribution in [0.4, 0.5) is 0 Å². The van der Waals surface area contributed by atoms with E-state index in [9.17, 15) is 19.0 Å². The molecule has 0 spiro atoms. The van der Waals surface area contributed by atoms with E-state index in [-0.39, 0.29) is 26.1 Å². The number of unbranched alkanes of at least 4 members (excludes halogenated alkanes) is 3. The number of carbonyl (C=O) groups excluding carboxylic acids is 2. The molecule has 1 rings (SSSR count). The monoisotopic (exact) mass is 896 g/mol. The molecule has 0 aromatic carbocycles. The summed E-state index contributed by atoms with van der Waals surface area (Å²) < 4.78 is 39.4. The molecule has 354 valence electrons. The van der Waals surface area contributed by atoms with Gasteiger partial charge in [-0.2, -0.15) is 0 Å². The number of ether oxygens (including phenoxy) is 3. The molecule has 1 heterocycles. The molecule has 1 aliphatic heterocycles. The van der Waals surface area contributed by atoms with Crippen LogP contribution in [0.3, 0.4) is 0 Å². The Morgan fingerprint density at radius 1 is 0.587 bits per heavy atom. The Labute approximate surface area is 382 Å². The summed E-state index contributed by atoms with van der Waals surface area (Å²) in [5.74, 6) is -1.05. The van der Waals surface area contributed by atoms with E-state index in [4.69, 9.17) is 23.3 Å². The summed E-state index contributed by atoms with van der Waals surface area (Å²) in [6.45, 7) is 3.87. The molecule has 0 aliphatic carbocycles. The summed E-state index contributed by atoms with van der Waals surface area (Å²) in [4.78, 5) is 37.6. The number of rotatable bonds is 39. The maximum Gasteiger partial charge on any atom is 0.306 e. The SMILES string of the molecule is CC/C=C\CC1OC1C/C=C\C/C=C\C/C=C\C/C=C\CCC(=O)OC[C@H](COP(=O)([O-])OCC[N+](C)(C)C)OC(=O)CC/C=C\C/C=C\C/C=C\C/C=C\C/C=C\CCCCC. The molecule has 11 heteroatoms. The number of quaternary nitrogens is 1. The largest absolute Gasteiger partial charge is 0.756 e. The number of hydrogen-bond donors (Lipinski definition) is 0. The van der Waals surface area contributed by atoms with Crippen molar-refractivity contribution in [3.05, 3.63) is 122 Å². The van der Waals surface area contributed by atoms with Gasteiger partial charge in [0.1, 0.15) is 19.8 Å². The molecular weight excluding hydrogens is 814 g/mol. The summed E-state index contributed by atoms with van der Waals surface area (Å²) in [6.07, 6.45) is 57.3.